The molecule has 0 radical (unpaired) electrons. The number of aromatic amines is 1. The highest BCUT2D eigenvalue weighted by Crippen LogP contribution is 2.19. The van der Waals surface area contributed by atoms with Gasteiger partial charge in [0.05, 0.1) is 13.7 Å². The number of pyridine rings is 2. The Balaban J connectivity index is 1.63. The molecule has 7 heteroatoms. The predicted molar refractivity (Wildman–Crippen MR) is 137 cm³/mol. The van der Waals surface area contributed by atoms with Gasteiger partial charge in [0.15, 0.2) is 5.11 Å². The van der Waals surface area contributed by atoms with Crippen molar-refractivity contribution in [2.45, 2.75) is 26.4 Å². The number of fused-ring (bicyclic) bond motifs is 1. The molecule has 0 aliphatic heterocycles. The zero-order valence-corrected chi connectivity index (χ0v) is 19.5. The van der Waals surface area contributed by atoms with Gasteiger partial charge in [-0.3, -0.25) is 9.78 Å². The summed E-state index contributed by atoms with van der Waals surface area (Å²) < 4.78 is 5.23. The van der Waals surface area contributed by atoms with Crippen LogP contribution in [0.4, 0.5) is 5.69 Å². The summed E-state index contributed by atoms with van der Waals surface area (Å²) in [7, 11) is 1.63. The molecule has 4 rings (SSSR count). The average molecular weight is 459 g/mol. The second-order valence-corrected chi connectivity index (χ2v) is 8.16. The smallest absolute Gasteiger partial charge is 0.253 e. The van der Waals surface area contributed by atoms with Crippen molar-refractivity contribution in [2.24, 2.45) is 0 Å². The number of nitrogens with zero attached hydrogens (tertiary/aromatic N) is 2. The fourth-order valence-corrected chi connectivity index (χ4v) is 3.88. The van der Waals surface area contributed by atoms with Crippen LogP contribution in [-0.4, -0.2) is 27.1 Å². The molecule has 33 heavy (non-hydrogen) atoms. The molecule has 0 fully saturated rings. The normalized spacial score (nSPS) is 10.7. The highest BCUT2D eigenvalue weighted by atomic mass is 32.1. The molecular weight excluding hydrogens is 432 g/mol. The van der Waals surface area contributed by atoms with E-state index in [1.165, 1.54) is 5.56 Å². The molecule has 0 aliphatic carbocycles. The van der Waals surface area contributed by atoms with Crippen LogP contribution in [0, 0.1) is 0 Å². The Bertz CT molecular complexity index is 1300. The molecule has 4 aromatic rings. The first-order chi connectivity index (χ1) is 16.1. The Morgan fingerprint density at radius 3 is 2.61 bits per heavy atom. The molecule has 168 valence electrons. The molecule has 6 nitrogen and oxygen atoms in total. The highest BCUT2D eigenvalue weighted by Gasteiger charge is 2.15. The Morgan fingerprint density at radius 2 is 1.91 bits per heavy atom. The third kappa shape index (κ3) is 5.56. The van der Waals surface area contributed by atoms with Crippen LogP contribution >= 0.6 is 12.2 Å². The molecular formula is C26H26N4O2S. The Morgan fingerprint density at radius 1 is 1.09 bits per heavy atom. The standard InChI is InChI=1S/C26H26N4O2S/c1-3-18-6-11-24-20(13-18)14-21(25(31)29-24)17-30(16-19-5-4-12-27-15-19)26(33)28-22-7-9-23(32-2)10-8-22/h4-15H,3,16-17H2,1-2H3,(H,28,33)(H,29,31). The van der Waals surface area contributed by atoms with E-state index in [0.29, 0.717) is 23.8 Å². The minimum absolute atomic E-state index is 0.116. The molecule has 0 saturated carbocycles. The molecule has 0 amide bonds. The quantitative estimate of drug-likeness (QED) is 0.384. The minimum atomic E-state index is -0.116. The molecule has 0 bridgehead atoms. The number of ether oxygens (including phenoxy) is 1. The number of anilines is 1. The van der Waals surface area contributed by atoms with E-state index < -0.39 is 0 Å². The Hall–Kier alpha value is -3.71. The average Bonchev–Trinajstić information content (AvgIpc) is 2.84. The van der Waals surface area contributed by atoms with Crippen LogP contribution in [0.25, 0.3) is 10.9 Å². The van der Waals surface area contributed by atoms with Crippen molar-refractivity contribution in [1.82, 2.24) is 14.9 Å². The number of H-pyrrole nitrogens is 1. The maximum atomic E-state index is 12.9. The van der Waals surface area contributed by atoms with Gasteiger partial charge in [-0.15, -0.1) is 0 Å². The second kappa shape index (κ2) is 10.3. The van der Waals surface area contributed by atoms with Crippen LogP contribution in [0.5, 0.6) is 5.75 Å². The molecule has 0 atom stereocenters. The van der Waals surface area contributed by atoms with Crippen molar-refractivity contribution in [2.75, 3.05) is 12.4 Å². The first-order valence-corrected chi connectivity index (χ1v) is 11.2. The van der Waals surface area contributed by atoms with Crippen LogP contribution in [0.15, 0.2) is 77.9 Å². The van der Waals surface area contributed by atoms with Gasteiger partial charge in [0, 0.05) is 35.7 Å². The van der Waals surface area contributed by atoms with E-state index in [0.717, 1.165) is 34.3 Å². The first kappa shape index (κ1) is 22.5. The summed E-state index contributed by atoms with van der Waals surface area (Å²) in [6, 6.07) is 19.5. The summed E-state index contributed by atoms with van der Waals surface area (Å²) in [6.07, 6.45) is 4.48. The minimum Gasteiger partial charge on any atom is -0.497 e. The molecule has 0 spiro atoms. The number of hydrogen-bond donors (Lipinski definition) is 2. The van der Waals surface area contributed by atoms with Crippen molar-refractivity contribution >= 4 is 33.9 Å². The number of hydrogen-bond acceptors (Lipinski definition) is 4. The summed E-state index contributed by atoms with van der Waals surface area (Å²) >= 11 is 5.75. The van der Waals surface area contributed by atoms with Crippen molar-refractivity contribution in [3.63, 3.8) is 0 Å². The van der Waals surface area contributed by atoms with Crippen molar-refractivity contribution in [1.29, 1.82) is 0 Å². The third-order valence-electron chi connectivity index (χ3n) is 5.48. The van der Waals surface area contributed by atoms with Crippen LogP contribution in [0.1, 0.15) is 23.6 Å². The van der Waals surface area contributed by atoms with Gasteiger partial charge in [-0.25, -0.2) is 0 Å². The predicted octanol–water partition coefficient (Wildman–Crippen LogP) is 4.89. The Kier molecular flexibility index (Phi) is 7.00. The number of thiocarbonyl (C=S) groups is 1. The lowest BCUT2D eigenvalue weighted by Gasteiger charge is -2.26. The van der Waals surface area contributed by atoms with Gasteiger partial charge >= 0.3 is 0 Å². The van der Waals surface area contributed by atoms with Crippen LogP contribution in [0.3, 0.4) is 0 Å². The highest BCUT2D eigenvalue weighted by molar-refractivity contribution is 7.80. The lowest BCUT2D eigenvalue weighted by Crippen LogP contribution is -2.35. The van der Waals surface area contributed by atoms with Crippen LogP contribution in [0.2, 0.25) is 0 Å². The maximum absolute atomic E-state index is 12.9. The number of benzene rings is 2. The zero-order chi connectivity index (χ0) is 23.2. The fraction of sp³-hybridized carbons (Fsp3) is 0.192. The number of nitrogens with one attached hydrogen (secondary N) is 2. The lowest BCUT2D eigenvalue weighted by atomic mass is 10.1. The maximum Gasteiger partial charge on any atom is 0.253 e. The van der Waals surface area contributed by atoms with E-state index in [-0.39, 0.29) is 5.56 Å². The van der Waals surface area contributed by atoms with Crippen LogP contribution < -0.4 is 15.6 Å². The summed E-state index contributed by atoms with van der Waals surface area (Å²) in [4.78, 5) is 22.0. The second-order valence-electron chi connectivity index (χ2n) is 7.77. The first-order valence-electron chi connectivity index (χ1n) is 10.8. The fourth-order valence-electron chi connectivity index (χ4n) is 3.63. The number of rotatable bonds is 7. The van der Waals surface area contributed by atoms with E-state index in [1.807, 2.05) is 59.5 Å². The van der Waals surface area contributed by atoms with E-state index >= 15 is 0 Å². The zero-order valence-electron chi connectivity index (χ0n) is 18.7. The largest absolute Gasteiger partial charge is 0.497 e. The van der Waals surface area contributed by atoms with Gasteiger partial charge in [-0.2, -0.15) is 0 Å². The van der Waals surface area contributed by atoms with Crippen molar-refractivity contribution < 1.29 is 4.74 Å². The van der Waals surface area contributed by atoms with Crippen molar-refractivity contribution in [3.8, 4) is 5.75 Å². The van der Waals surface area contributed by atoms with Gasteiger partial charge in [-0.05, 0) is 83.7 Å². The molecule has 0 saturated heterocycles. The summed E-state index contributed by atoms with van der Waals surface area (Å²) in [5, 5.41) is 4.81. The van der Waals surface area contributed by atoms with E-state index in [2.05, 4.69) is 28.3 Å². The van der Waals surface area contributed by atoms with Gasteiger partial charge < -0.3 is 19.9 Å². The Labute approximate surface area is 198 Å². The van der Waals surface area contributed by atoms with E-state index in [4.69, 9.17) is 17.0 Å². The SMILES string of the molecule is CCc1ccc2[nH]c(=O)c(CN(Cc3cccnc3)C(=S)Nc3ccc(OC)cc3)cc2c1. The van der Waals surface area contributed by atoms with E-state index in [9.17, 15) is 4.79 Å². The van der Waals surface area contributed by atoms with Gasteiger partial charge in [-0.1, -0.05) is 19.1 Å². The molecule has 2 N–H and O–H groups in total. The van der Waals surface area contributed by atoms with Gasteiger partial charge in [0.25, 0.3) is 5.56 Å². The molecule has 2 heterocycles. The molecule has 0 aliphatic rings. The van der Waals surface area contributed by atoms with Gasteiger partial charge in [0.2, 0.25) is 0 Å². The topological polar surface area (TPSA) is 70.2 Å². The van der Waals surface area contributed by atoms with E-state index in [1.54, 1.807) is 19.5 Å². The third-order valence-corrected chi connectivity index (χ3v) is 5.84. The summed E-state index contributed by atoms with van der Waals surface area (Å²) in [5.41, 5.74) is 4.44. The van der Waals surface area contributed by atoms with Crippen molar-refractivity contribution in [3.05, 3.63) is 100 Å². The number of methoxy groups -OCH3 is 1. The monoisotopic (exact) mass is 458 g/mol. The van der Waals surface area contributed by atoms with Gasteiger partial charge in [0.1, 0.15) is 5.75 Å². The molecule has 2 aromatic carbocycles. The molecule has 0 unspecified atom stereocenters. The number of aryl methyl sites for hydroxylation is 1. The number of aromatic nitrogens is 2. The lowest BCUT2D eigenvalue weighted by molar-refractivity contribution is 0.410. The summed E-state index contributed by atoms with van der Waals surface area (Å²) in [5.74, 6) is 0.771. The summed E-state index contributed by atoms with van der Waals surface area (Å²) in [6.45, 7) is 2.99. The van der Waals surface area contributed by atoms with Crippen LogP contribution in [-0.2, 0) is 19.5 Å². The molecule has 2 aromatic heterocycles.